The molecule has 8 nitrogen and oxygen atoms in total. The van der Waals surface area contributed by atoms with E-state index >= 15 is 0 Å². The Bertz CT molecular complexity index is 850. The fourth-order valence-corrected chi connectivity index (χ4v) is 4.11. The molecule has 0 bridgehead atoms. The number of hydrogen-bond donors (Lipinski definition) is 1. The Morgan fingerprint density at radius 1 is 1.11 bits per heavy atom. The maximum absolute atomic E-state index is 4.36. The zero-order valence-electron chi connectivity index (χ0n) is 15.7. The maximum atomic E-state index is 4.36. The number of aromatic amines is 1. The molecular weight excluding hydrogens is 360 g/mol. The molecule has 1 N–H and O–H groups in total. The van der Waals surface area contributed by atoms with Gasteiger partial charge < -0.3 is 4.57 Å². The van der Waals surface area contributed by atoms with Crippen LogP contribution in [0.3, 0.4) is 0 Å². The molecule has 1 aliphatic heterocycles. The van der Waals surface area contributed by atoms with Gasteiger partial charge in [0.1, 0.15) is 5.82 Å². The summed E-state index contributed by atoms with van der Waals surface area (Å²) < 4.78 is 2.13. The zero-order chi connectivity index (χ0) is 18.6. The lowest BCUT2D eigenvalue weighted by Crippen LogP contribution is -2.34. The minimum atomic E-state index is 0.635. The molecule has 0 saturated carbocycles. The number of rotatable bonds is 6. The van der Waals surface area contributed by atoms with Crippen molar-refractivity contribution in [2.45, 2.75) is 31.0 Å². The lowest BCUT2D eigenvalue weighted by molar-refractivity contribution is 0.175. The second-order valence-corrected chi connectivity index (χ2v) is 7.79. The van der Waals surface area contributed by atoms with Gasteiger partial charge in [0, 0.05) is 25.6 Å². The number of benzene rings is 1. The summed E-state index contributed by atoms with van der Waals surface area (Å²) in [4.78, 5) is 2.53. The first kappa shape index (κ1) is 18.1. The van der Waals surface area contributed by atoms with E-state index in [4.69, 9.17) is 0 Å². The summed E-state index contributed by atoms with van der Waals surface area (Å²) in [5.41, 5.74) is 2.30. The van der Waals surface area contributed by atoms with Gasteiger partial charge >= 0.3 is 0 Å². The standard InChI is InChI=1S/C18H24N8S/c1-25-16(19-22-18(25)27-2)11-13-7-9-26(10-8-13)12-14-3-5-15(6-4-14)17-20-23-24-21-17/h3-6,13H,7-12H2,1-2H3,(H,20,21,23,24). The first-order valence-corrected chi connectivity index (χ1v) is 10.4. The molecule has 0 aliphatic carbocycles. The zero-order valence-corrected chi connectivity index (χ0v) is 16.5. The Labute approximate surface area is 162 Å². The molecule has 0 amide bonds. The van der Waals surface area contributed by atoms with Gasteiger partial charge in [-0.2, -0.15) is 5.21 Å². The Morgan fingerprint density at radius 3 is 2.52 bits per heavy atom. The third-order valence-electron chi connectivity index (χ3n) is 5.25. The quantitative estimate of drug-likeness (QED) is 0.652. The van der Waals surface area contributed by atoms with E-state index in [1.807, 2.05) is 6.26 Å². The molecule has 1 saturated heterocycles. The highest BCUT2D eigenvalue weighted by Gasteiger charge is 2.22. The van der Waals surface area contributed by atoms with Crippen LogP contribution in [-0.2, 0) is 20.0 Å². The van der Waals surface area contributed by atoms with Gasteiger partial charge in [-0.1, -0.05) is 36.0 Å². The van der Waals surface area contributed by atoms with Crippen LogP contribution in [0.1, 0.15) is 24.2 Å². The van der Waals surface area contributed by atoms with Crippen LogP contribution in [-0.4, -0.2) is 59.6 Å². The summed E-state index contributed by atoms with van der Waals surface area (Å²) in [6.45, 7) is 3.24. The number of aromatic nitrogens is 7. The molecule has 0 spiro atoms. The molecule has 0 radical (unpaired) electrons. The molecular formula is C18H24N8S. The van der Waals surface area contributed by atoms with Gasteiger partial charge in [0.2, 0.25) is 5.82 Å². The van der Waals surface area contributed by atoms with Gasteiger partial charge in [-0.05, 0) is 48.9 Å². The van der Waals surface area contributed by atoms with E-state index in [1.165, 1.54) is 18.4 Å². The van der Waals surface area contributed by atoms with Gasteiger partial charge in [0.15, 0.2) is 5.16 Å². The normalized spacial score (nSPS) is 16.1. The number of nitrogens with one attached hydrogen (secondary N) is 1. The van der Waals surface area contributed by atoms with Crippen molar-refractivity contribution in [1.29, 1.82) is 0 Å². The largest absolute Gasteiger partial charge is 0.309 e. The predicted octanol–water partition coefficient (Wildman–Crippen LogP) is 2.17. The van der Waals surface area contributed by atoms with Crippen LogP contribution >= 0.6 is 11.8 Å². The predicted molar refractivity (Wildman–Crippen MR) is 104 cm³/mol. The highest BCUT2D eigenvalue weighted by Crippen LogP contribution is 2.24. The van der Waals surface area contributed by atoms with Crippen molar-refractivity contribution < 1.29 is 0 Å². The fraction of sp³-hybridized carbons (Fsp3) is 0.500. The maximum Gasteiger partial charge on any atom is 0.204 e. The first-order chi connectivity index (χ1) is 13.2. The van der Waals surface area contributed by atoms with E-state index in [2.05, 4.69) is 71.6 Å². The number of nitrogens with zero attached hydrogens (tertiary/aromatic N) is 7. The summed E-state index contributed by atoms with van der Waals surface area (Å²) in [7, 11) is 2.06. The molecule has 4 rings (SSSR count). The van der Waals surface area contributed by atoms with Crippen LogP contribution in [0.15, 0.2) is 29.4 Å². The van der Waals surface area contributed by atoms with Crippen molar-refractivity contribution in [1.82, 2.24) is 40.3 Å². The van der Waals surface area contributed by atoms with Gasteiger partial charge in [-0.15, -0.1) is 20.4 Å². The van der Waals surface area contributed by atoms with Crippen molar-refractivity contribution in [3.05, 3.63) is 35.7 Å². The summed E-state index contributed by atoms with van der Waals surface area (Å²) in [5.74, 6) is 2.44. The van der Waals surface area contributed by atoms with Crippen molar-refractivity contribution >= 4 is 11.8 Å². The molecule has 3 aromatic rings. The smallest absolute Gasteiger partial charge is 0.204 e. The van der Waals surface area contributed by atoms with Crippen LogP contribution in [0, 0.1) is 5.92 Å². The highest BCUT2D eigenvalue weighted by molar-refractivity contribution is 7.98. The van der Waals surface area contributed by atoms with Crippen LogP contribution in [0.4, 0.5) is 0 Å². The SMILES string of the molecule is CSc1nnc(CC2CCN(Cc3ccc(-c4nn[nH]n4)cc3)CC2)n1C. The minimum absolute atomic E-state index is 0.635. The molecule has 1 aromatic carbocycles. The number of tetrazole rings is 1. The molecule has 0 atom stereocenters. The van der Waals surface area contributed by atoms with Crippen LogP contribution in [0.25, 0.3) is 11.4 Å². The second kappa shape index (κ2) is 8.18. The Hall–Kier alpha value is -2.26. The summed E-state index contributed by atoms with van der Waals surface area (Å²) >= 11 is 1.65. The average molecular weight is 385 g/mol. The van der Waals surface area contributed by atoms with Gasteiger partial charge in [0.25, 0.3) is 0 Å². The van der Waals surface area contributed by atoms with Gasteiger partial charge in [-0.25, -0.2) is 0 Å². The van der Waals surface area contributed by atoms with Crippen LogP contribution in [0.2, 0.25) is 0 Å². The van der Waals surface area contributed by atoms with Crippen molar-refractivity contribution in [2.24, 2.45) is 13.0 Å². The Kier molecular flexibility index (Phi) is 5.49. The van der Waals surface area contributed by atoms with Crippen molar-refractivity contribution in [3.63, 3.8) is 0 Å². The van der Waals surface area contributed by atoms with E-state index in [1.54, 1.807) is 11.8 Å². The van der Waals surface area contributed by atoms with Crippen molar-refractivity contribution in [3.8, 4) is 11.4 Å². The van der Waals surface area contributed by atoms with Crippen molar-refractivity contribution in [2.75, 3.05) is 19.3 Å². The van der Waals surface area contributed by atoms with E-state index in [0.29, 0.717) is 11.7 Å². The molecule has 9 heteroatoms. The number of piperidine rings is 1. The van der Waals surface area contributed by atoms with Crippen LogP contribution in [0.5, 0.6) is 0 Å². The van der Waals surface area contributed by atoms with E-state index < -0.39 is 0 Å². The number of H-pyrrole nitrogens is 1. The number of hydrogen-bond acceptors (Lipinski definition) is 7. The Balaban J connectivity index is 1.28. The molecule has 1 fully saturated rings. The Morgan fingerprint density at radius 2 is 1.89 bits per heavy atom. The molecule has 3 heterocycles. The third-order valence-corrected chi connectivity index (χ3v) is 5.97. The fourth-order valence-electron chi connectivity index (χ4n) is 3.61. The minimum Gasteiger partial charge on any atom is -0.309 e. The van der Waals surface area contributed by atoms with Crippen LogP contribution < -0.4 is 0 Å². The number of likely N-dealkylation sites (tertiary alicyclic amines) is 1. The topological polar surface area (TPSA) is 88.4 Å². The van der Waals surface area contributed by atoms with E-state index in [-0.39, 0.29) is 0 Å². The monoisotopic (exact) mass is 384 g/mol. The molecule has 27 heavy (non-hydrogen) atoms. The first-order valence-electron chi connectivity index (χ1n) is 9.20. The van der Waals surface area contributed by atoms with E-state index in [0.717, 1.165) is 42.6 Å². The summed E-state index contributed by atoms with van der Waals surface area (Å²) in [6, 6.07) is 8.43. The summed E-state index contributed by atoms with van der Waals surface area (Å²) in [6.07, 6.45) is 5.49. The van der Waals surface area contributed by atoms with Gasteiger partial charge in [-0.3, -0.25) is 4.90 Å². The molecule has 1 aliphatic rings. The molecule has 0 unspecified atom stereocenters. The lowest BCUT2D eigenvalue weighted by atomic mass is 9.93. The summed E-state index contributed by atoms with van der Waals surface area (Å²) in [5, 5.41) is 23.7. The number of thioether (sulfide) groups is 1. The average Bonchev–Trinajstić information content (AvgIpc) is 3.35. The highest BCUT2D eigenvalue weighted by atomic mass is 32.2. The van der Waals surface area contributed by atoms with Gasteiger partial charge in [0.05, 0.1) is 0 Å². The third kappa shape index (κ3) is 4.19. The lowest BCUT2D eigenvalue weighted by Gasteiger charge is -2.31. The molecule has 142 valence electrons. The molecule has 2 aromatic heterocycles. The second-order valence-electron chi connectivity index (χ2n) is 7.02. The van der Waals surface area contributed by atoms with E-state index in [9.17, 15) is 0 Å².